The maximum absolute atomic E-state index is 14.0. The Hall–Kier alpha value is -2.36. The normalized spacial score (nSPS) is 19.9. The maximum Gasteiger partial charge on any atom is 0.336 e. The second-order valence-corrected chi connectivity index (χ2v) is 5.15. The number of benzene rings is 2. The lowest BCUT2D eigenvalue weighted by Gasteiger charge is -2.29. The van der Waals surface area contributed by atoms with E-state index in [-0.39, 0.29) is 5.82 Å². The van der Waals surface area contributed by atoms with Crippen molar-refractivity contribution >= 4 is 11.7 Å². The van der Waals surface area contributed by atoms with Crippen LogP contribution in [0.5, 0.6) is 0 Å². The van der Waals surface area contributed by atoms with E-state index in [0.717, 1.165) is 5.69 Å². The molecule has 0 radical (unpaired) electrons. The van der Waals surface area contributed by atoms with Gasteiger partial charge in [-0.3, -0.25) is 0 Å². The quantitative estimate of drug-likeness (QED) is 0.880. The zero-order valence-corrected chi connectivity index (χ0v) is 11.7. The number of rotatable bonds is 3. The molecule has 0 saturated heterocycles. The number of methoxy groups -OCH3 is 1. The van der Waals surface area contributed by atoms with Gasteiger partial charge in [-0.25, -0.2) is 9.18 Å². The smallest absolute Gasteiger partial charge is 0.336 e. The van der Waals surface area contributed by atoms with Crippen molar-refractivity contribution in [3.63, 3.8) is 0 Å². The van der Waals surface area contributed by atoms with E-state index in [9.17, 15) is 9.18 Å². The van der Waals surface area contributed by atoms with Crippen LogP contribution >= 0.6 is 0 Å². The highest BCUT2D eigenvalue weighted by Crippen LogP contribution is 2.41. The number of ether oxygens (including phenoxy) is 1. The molecule has 3 rings (SSSR count). The van der Waals surface area contributed by atoms with Gasteiger partial charge < -0.3 is 10.1 Å². The van der Waals surface area contributed by atoms with Crippen LogP contribution in [0.15, 0.2) is 48.5 Å². The van der Waals surface area contributed by atoms with Crippen LogP contribution in [0.25, 0.3) is 0 Å². The van der Waals surface area contributed by atoms with Crippen molar-refractivity contribution in [2.75, 3.05) is 12.4 Å². The van der Waals surface area contributed by atoms with Crippen LogP contribution in [0.3, 0.4) is 0 Å². The fraction of sp³-hybridized carbons (Fsp3) is 0.235. The summed E-state index contributed by atoms with van der Waals surface area (Å²) in [7, 11) is 1.36. The molecule has 2 aromatic rings. The molecule has 1 unspecified atom stereocenters. The van der Waals surface area contributed by atoms with E-state index >= 15 is 0 Å². The Kier molecular flexibility index (Phi) is 3.37. The molecule has 0 aliphatic heterocycles. The van der Waals surface area contributed by atoms with Gasteiger partial charge in [0.15, 0.2) is 5.54 Å². The SMILES string of the molecule is COC(=O)C1(Nc2ccccc2)CCc2c(F)cccc21. The van der Waals surface area contributed by atoms with Crippen molar-refractivity contribution < 1.29 is 13.9 Å². The van der Waals surface area contributed by atoms with Gasteiger partial charge >= 0.3 is 5.97 Å². The standard InChI is InChI=1S/C17H16FNO2/c1-21-16(20)17(19-12-6-3-2-4-7-12)11-10-13-14(17)8-5-9-15(13)18/h2-9,19H,10-11H2,1H3. The van der Waals surface area contributed by atoms with E-state index in [1.165, 1.54) is 13.2 Å². The van der Waals surface area contributed by atoms with Gasteiger partial charge in [-0.2, -0.15) is 0 Å². The number of esters is 1. The van der Waals surface area contributed by atoms with Crippen LogP contribution in [0.2, 0.25) is 0 Å². The summed E-state index contributed by atoms with van der Waals surface area (Å²) in [6.45, 7) is 0. The fourth-order valence-corrected chi connectivity index (χ4v) is 2.99. The van der Waals surface area contributed by atoms with Crippen LogP contribution < -0.4 is 5.32 Å². The number of para-hydroxylation sites is 1. The van der Waals surface area contributed by atoms with Crippen LogP contribution in [0.4, 0.5) is 10.1 Å². The van der Waals surface area contributed by atoms with E-state index in [1.54, 1.807) is 12.1 Å². The van der Waals surface area contributed by atoms with E-state index < -0.39 is 11.5 Å². The number of anilines is 1. The van der Waals surface area contributed by atoms with Gasteiger partial charge in [-0.1, -0.05) is 30.3 Å². The highest BCUT2D eigenvalue weighted by Gasteiger charge is 2.47. The van der Waals surface area contributed by atoms with E-state index in [1.807, 2.05) is 30.3 Å². The third-order valence-electron chi connectivity index (χ3n) is 3.99. The summed E-state index contributed by atoms with van der Waals surface area (Å²) in [5.74, 6) is -0.663. The third-order valence-corrected chi connectivity index (χ3v) is 3.99. The first-order chi connectivity index (χ1) is 10.2. The summed E-state index contributed by atoms with van der Waals surface area (Å²) in [4.78, 5) is 12.4. The van der Waals surface area contributed by atoms with Crippen LogP contribution in [0, 0.1) is 5.82 Å². The van der Waals surface area contributed by atoms with Gasteiger partial charge in [-0.05, 0) is 42.2 Å². The molecule has 0 amide bonds. The molecule has 0 heterocycles. The maximum atomic E-state index is 14.0. The molecule has 0 saturated carbocycles. The number of hydrogen-bond donors (Lipinski definition) is 1. The summed E-state index contributed by atoms with van der Waals surface area (Å²) in [5, 5.41) is 3.25. The first kappa shape index (κ1) is 13.6. The van der Waals surface area contributed by atoms with Crippen molar-refractivity contribution in [2.45, 2.75) is 18.4 Å². The van der Waals surface area contributed by atoms with Crippen molar-refractivity contribution in [1.82, 2.24) is 0 Å². The molecule has 1 aliphatic rings. The monoisotopic (exact) mass is 285 g/mol. The molecule has 0 bridgehead atoms. The van der Waals surface area contributed by atoms with Gasteiger partial charge in [0.25, 0.3) is 0 Å². The highest BCUT2D eigenvalue weighted by atomic mass is 19.1. The van der Waals surface area contributed by atoms with E-state index in [4.69, 9.17) is 4.74 Å². The summed E-state index contributed by atoms with van der Waals surface area (Å²) >= 11 is 0. The molecule has 0 aromatic heterocycles. The van der Waals surface area contributed by atoms with Crippen molar-refractivity contribution in [2.24, 2.45) is 0 Å². The zero-order chi connectivity index (χ0) is 14.9. The molecule has 2 aromatic carbocycles. The lowest BCUT2D eigenvalue weighted by atomic mass is 9.91. The lowest BCUT2D eigenvalue weighted by Crippen LogP contribution is -2.42. The van der Waals surface area contributed by atoms with Gasteiger partial charge in [0, 0.05) is 5.69 Å². The molecule has 4 heteroatoms. The molecular formula is C17H16FNO2. The first-order valence-corrected chi connectivity index (χ1v) is 6.87. The number of nitrogens with one attached hydrogen (secondary N) is 1. The largest absolute Gasteiger partial charge is 0.467 e. The predicted octanol–water partition coefficient (Wildman–Crippen LogP) is 3.25. The minimum Gasteiger partial charge on any atom is -0.467 e. The molecule has 3 nitrogen and oxygen atoms in total. The molecule has 1 N–H and O–H groups in total. The van der Waals surface area contributed by atoms with Gasteiger partial charge in [0.1, 0.15) is 5.82 Å². The molecule has 21 heavy (non-hydrogen) atoms. The molecule has 1 atom stereocenters. The zero-order valence-electron chi connectivity index (χ0n) is 11.7. The second-order valence-electron chi connectivity index (χ2n) is 5.15. The predicted molar refractivity (Wildman–Crippen MR) is 78.5 cm³/mol. The third kappa shape index (κ3) is 2.17. The van der Waals surface area contributed by atoms with E-state index in [0.29, 0.717) is 24.0 Å². The summed E-state index contributed by atoms with van der Waals surface area (Å²) in [6, 6.07) is 14.3. The van der Waals surface area contributed by atoms with Crippen molar-refractivity contribution in [3.05, 3.63) is 65.5 Å². The number of carbonyl (C=O) groups is 1. The van der Waals surface area contributed by atoms with Crippen LogP contribution in [0.1, 0.15) is 17.5 Å². The number of carbonyl (C=O) groups excluding carboxylic acids is 1. The van der Waals surface area contributed by atoms with Gasteiger partial charge in [0.05, 0.1) is 7.11 Å². The Labute approximate surface area is 122 Å². The minimum absolute atomic E-state index is 0.270. The Morgan fingerprint density at radius 1 is 1.19 bits per heavy atom. The Morgan fingerprint density at radius 2 is 1.95 bits per heavy atom. The molecule has 0 fully saturated rings. The second kappa shape index (κ2) is 5.20. The Morgan fingerprint density at radius 3 is 2.67 bits per heavy atom. The molecule has 1 aliphatic carbocycles. The minimum atomic E-state index is -1.02. The van der Waals surface area contributed by atoms with Crippen molar-refractivity contribution in [1.29, 1.82) is 0 Å². The molecular weight excluding hydrogens is 269 g/mol. The fourth-order valence-electron chi connectivity index (χ4n) is 2.99. The van der Waals surface area contributed by atoms with Crippen molar-refractivity contribution in [3.8, 4) is 0 Å². The average molecular weight is 285 g/mol. The van der Waals surface area contributed by atoms with Crippen LogP contribution in [-0.2, 0) is 21.5 Å². The highest BCUT2D eigenvalue weighted by molar-refractivity contribution is 5.88. The summed E-state index contributed by atoms with van der Waals surface area (Å²) in [6.07, 6.45) is 0.988. The Bertz CT molecular complexity index is 672. The number of fused-ring (bicyclic) bond motifs is 1. The summed E-state index contributed by atoms with van der Waals surface area (Å²) in [5.41, 5.74) is 1.04. The number of halogens is 1. The molecule has 0 spiro atoms. The first-order valence-electron chi connectivity index (χ1n) is 6.87. The lowest BCUT2D eigenvalue weighted by molar-refractivity contribution is -0.146. The van der Waals surface area contributed by atoms with E-state index in [2.05, 4.69) is 5.32 Å². The topological polar surface area (TPSA) is 38.3 Å². The average Bonchev–Trinajstić information content (AvgIpc) is 2.89. The molecule has 108 valence electrons. The van der Waals surface area contributed by atoms with Crippen LogP contribution in [-0.4, -0.2) is 13.1 Å². The Balaban J connectivity index is 2.09. The van der Waals surface area contributed by atoms with Gasteiger partial charge in [-0.15, -0.1) is 0 Å². The summed E-state index contributed by atoms with van der Waals surface area (Å²) < 4.78 is 18.9. The van der Waals surface area contributed by atoms with Gasteiger partial charge in [0.2, 0.25) is 0 Å². The number of hydrogen-bond acceptors (Lipinski definition) is 3.